The lowest BCUT2D eigenvalue weighted by Crippen LogP contribution is -2.36. The van der Waals surface area contributed by atoms with E-state index in [0.717, 1.165) is 11.3 Å². The molecular formula is C23H23ClN4O. The maximum absolute atomic E-state index is 12.7. The summed E-state index contributed by atoms with van der Waals surface area (Å²) >= 11 is 6.00. The van der Waals surface area contributed by atoms with Gasteiger partial charge in [0.2, 0.25) is 5.96 Å². The van der Waals surface area contributed by atoms with Gasteiger partial charge in [-0.1, -0.05) is 43.6 Å². The molecule has 1 heterocycles. The van der Waals surface area contributed by atoms with Gasteiger partial charge in [-0.2, -0.15) is 0 Å². The Labute approximate surface area is 175 Å². The van der Waals surface area contributed by atoms with Crippen LogP contribution in [0, 0.1) is 0 Å². The van der Waals surface area contributed by atoms with Crippen LogP contribution in [0.15, 0.2) is 78.0 Å². The summed E-state index contributed by atoms with van der Waals surface area (Å²) < 4.78 is 0. The van der Waals surface area contributed by atoms with Crippen LogP contribution < -0.4 is 10.6 Å². The standard InChI is InChI=1S/C23H23ClN4O/c1-16(2)18-6-8-21(9-7-18)27-23(26-15-17-10-12-25-13-11-17)28-22(29)19-4-3-5-20(24)14-19/h3-14,16H,15H2,1-2H3,(H2,26,27,28,29). The van der Waals surface area contributed by atoms with Crippen molar-refractivity contribution in [1.82, 2.24) is 10.3 Å². The fraction of sp³-hybridized carbons (Fsp3) is 0.174. The number of aromatic nitrogens is 1. The second kappa shape index (κ2) is 9.85. The lowest BCUT2D eigenvalue weighted by atomic mass is 10.0. The Balaban J connectivity index is 1.79. The molecule has 0 aliphatic rings. The molecule has 0 saturated heterocycles. The normalized spacial score (nSPS) is 11.4. The third-order valence-corrected chi connectivity index (χ3v) is 4.56. The number of nitrogens with zero attached hydrogens (tertiary/aromatic N) is 2. The quantitative estimate of drug-likeness (QED) is 0.448. The molecule has 0 aliphatic carbocycles. The van der Waals surface area contributed by atoms with E-state index in [1.165, 1.54) is 5.56 Å². The molecule has 0 fully saturated rings. The van der Waals surface area contributed by atoms with Gasteiger partial charge in [-0.05, 0) is 59.5 Å². The van der Waals surface area contributed by atoms with E-state index in [2.05, 4.69) is 46.6 Å². The molecule has 29 heavy (non-hydrogen) atoms. The van der Waals surface area contributed by atoms with Gasteiger partial charge in [0.1, 0.15) is 0 Å². The molecule has 1 aromatic heterocycles. The molecule has 2 N–H and O–H groups in total. The first-order chi connectivity index (χ1) is 14.0. The van der Waals surface area contributed by atoms with E-state index in [1.807, 2.05) is 24.3 Å². The van der Waals surface area contributed by atoms with Crippen LogP contribution in [0.3, 0.4) is 0 Å². The fourth-order valence-corrected chi connectivity index (χ4v) is 2.86. The van der Waals surface area contributed by atoms with Crippen molar-refractivity contribution in [1.29, 1.82) is 0 Å². The van der Waals surface area contributed by atoms with E-state index in [4.69, 9.17) is 11.6 Å². The molecule has 148 valence electrons. The summed E-state index contributed by atoms with van der Waals surface area (Å²) in [4.78, 5) is 21.2. The van der Waals surface area contributed by atoms with Crippen molar-refractivity contribution in [3.63, 3.8) is 0 Å². The van der Waals surface area contributed by atoms with Crippen molar-refractivity contribution >= 4 is 29.2 Å². The first-order valence-electron chi connectivity index (χ1n) is 9.38. The minimum absolute atomic E-state index is 0.285. The van der Waals surface area contributed by atoms with Crippen LogP contribution in [0.5, 0.6) is 0 Å². The van der Waals surface area contributed by atoms with Crippen LogP contribution in [0.2, 0.25) is 5.02 Å². The van der Waals surface area contributed by atoms with Crippen molar-refractivity contribution in [3.8, 4) is 0 Å². The molecule has 0 aliphatic heterocycles. The molecular weight excluding hydrogens is 384 g/mol. The number of hydrogen-bond donors (Lipinski definition) is 2. The molecule has 3 aromatic rings. The Morgan fingerprint density at radius 1 is 1.07 bits per heavy atom. The number of rotatable bonds is 5. The van der Waals surface area contributed by atoms with E-state index in [-0.39, 0.29) is 5.91 Å². The molecule has 0 saturated carbocycles. The molecule has 3 rings (SSSR count). The average Bonchev–Trinajstić information content (AvgIpc) is 2.73. The predicted molar refractivity (Wildman–Crippen MR) is 118 cm³/mol. The van der Waals surface area contributed by atoms with Crippen LogP contribution in [-0.2, 0) is 6.54 Å². The maximum Gasteiger partial charge on any atom is 0.258 e. The molecule has 0 bridgehead atoms. The smallest absolute Gasteiger partial charge is 0.258 e. The summed E-state index contributed by atoms with van der Waals surface area (Å²) in [5.41, 5.74) is 3.54. The summed E-state index contributed by atoms with van der Waals surface area (Å²) in [5, 5.41) is 6.55. The number of amides is 1. The fourth-order valence-electron chi connectivity index (χ4n) is 2.67. The van der Waals surface area contributed by atoms with E-state index < -0.39 is 0 Å². The monoisotopic (exact) mass is 406 g/mol. The highest BCUT2D eigenvalue weighted by Crippen LogP contribution is 2.17. The van der Waals surface area contributed by atoms with Crippen LogP contribution in [0.25, 0.3) is 0 Å². The first kappa shape index (κ1) is 20.6. The molecule has 0 unspecified atom stereocenters. The van der Waals surface area contributed by atoms with Crippen LogP contribution >= 0.6 is 11.6 Å². The number of guanidine groups is 1. The third-order valence-electron chi connectivity index (χ3n) is 4.33. The first-order valence-corrected chi connectivity index (χ1v) is 9.76. The number of carbonyl (C=O) groups excluding carboxylic acids is 1. The highest BCUT2D eigenvalue weighted by molar-refractivity contribution is 6.31. The number of aliphatic imine (C=N–C) groups is 1. The van der Waals surface area contributed by atoms with Gasteiger partial charge < -0.3 is 5.32 Å². The Morgan fingerprint density at radius 3 is 2.45 bits per heavy atom. The predicted octanol–water partition coefficient (Wildman–Crippen LogP) is 5.26. The second-order valence-electron chi connectivity index (χ2n) is 6.89. The van der Waals surface area contributed by atoms with E-state index in [1.54, 1.807) is 36.7 Å². The highest BCUT2D eigenvalue weighted by atomic mass is 35.5. The second-order valence-corrected chi connectivity index (χ2v) is 7.32. The lowest BCUT2D eigenvalue weighted by molar-refractivity contribution is 0.0977. The molecule has 0 spiro atoms. The average molecular weight is 407 g/mol. The summed E-state index contributed by atoms with van der Waals surface area (Å²) in [6, 6.07) is 18.6. The van der Waals surface area contributed by atoms with E-state index in [0.29, 0.717) is 29.0 Å². The van der Waals surface area contributed by atoms with Gasteiger partial charge in [0.05, 0.1) is 6.54 Å². The van der Waals surface area contributed by atoms with Crippen molar-refractivity contribution in [3.05, 3.63) is 94.8 Å². The zero-order valence-corrected chi connectivity index (χ0v) is 17.1. The molecule has 2 aromatic carbocycles. The highest BCUT2D eigenvalue weighted by Gasteiger charge is 2.10. The number of anilines is 1. The van der Waals surface area contributed by atoms with Crippen molar-refractivity contribution in [2.75, 3.05) is 5.32 Å². The number of halogens is 1. The SMILES string of the molecule is CC(C)c1ccc(NC(=NCc2ccncc2)NC(=O)c2cccc(Cl)c2)cc1. The number of pyridine rings is 1. The summed E-state index contributed by atoms with van der Waals surface area (Å²) in [5.74, 6) is 0.530. The lowest BCUT2D eigenvalue weighted by Gasteiger charge is -2.13. The molecule has 1 amide bonds. The molecule has 5 nitrogen and oxygen atoms in total. The van der Waals surface area contributed by atoms with Gasteiger partial charge in [-0.3, -0.25) is 15.1 Å². The minimum atomic E-state index is -0.285. The summed E-state index contributed by atoms with van der Waals surface area (Å²) in [7, 11) is 0. The topological polar surface area (TPSA) is 66.4 Å². The molecule has 6 heteroatoms. The molecule has 0 radical (unpaired) electrons. The third kappa shape index (κ3) is 6.16. The van der Waals surface area contributed by atoms with E-state index in [9.17, 15) is 4.79 Å². The Bertz CT molecular complexity index is 985. The maximum atomic E-state index is 12.7. The zero-order valence-electron chi connectivity index (χ0n) is 16.4. The van der Waals surface area contributed by atoms with Crippen molar-refractivity contribution in [2.24, 2.45) is 4.99 Å². The number of benzene rings is 2. The summed E-state index contributed by atoms with van der Waals surface area (Å²) in [6.07, 6.45) is 3.43. The van der Waals surface area contributed by atoms with Gasteiger partial charge in [0, 0.05) is 28.7 Å². The van der Waals surface area contributed by atoms with Gasteiger partial charge in [0.15, 0.2) is 0 Å². The molecule has 0 atom stereocenters. The van der Waals surface area contributed by atoms with Crippen molar-refractivity contribution in [2.45, 2.75) is 26.3 Å². The van der Waals surface area contributed by atoms with Gasteiger partial charge in [0.25, 0.3) is 5.91 Å². The zero-order chi connectivity index (χ0) is 20.6. The van der Waals surface area contributed by atoms with Crippen LogP contribution in [0.4, 0.5) is 5.69 Å². The minimum Gasteiger partial charge on any atom is -0.326 e. The van der Waals surface area contributed by atoms with Crippen molar-refractivity contribution < 1.29 is 4.79 Å². The van der Waals surface area contributed by atoms with Gasteiger partial charge in [-0.25, -0.2) is 4.99 Å². The Kier molecular flexibility index (Phi) is 6.98. The largest absolute Gasteiger partial charge is 0.326 e. The van der Waals surface area contributed by atoms with Crippen LogP contribution in [0.1, 0.15) is 41.3 Å². The Morgan fingerprint density at radius 2 is 1.79 bits per heavy atom. The number of hydrogen-bond acceptors (Lipinski definition) is 3. The van der Waals surface area contributed by atoms with E-state index >= 15 is 0 Å². The van der Waals surface area contributed by atoms with Crippen LogP contribution in [-0.4, -0.2) is 16.9 Å². The summed E-state index contributed by atoms with van der Waals surface area (Å²) in [6.45, 7) is 4.70. The number of carbonyl (C=O) groups is 1. The van der Waals surface area contributed by atoms with Gasteiger partial charge >= 0.3 is 0 Å². The number of nitrogens with one attached hydrogen (secondary N) is 2. The Hall–Kier alpha value is -3.18. The van der Waals surface area contributed by atoms with Gasteiger partial charge in [-0.15, -0.1) is 0 Å².